The van der Waals surface area contributed by atoms with Gasteiger partial charge in [0.05, 0.1) is 5.56 Å². The Bertz CT molecular complexity index is 483. The molecule has 0 atom stereocenters. The van der Waals surface area contributed by atoms with Crippen molar-refractivity contribution in [2.24, 2.45) is 0 Å². The van der Waals surface area contributed by atoms with Gasteiger partial charge in [-0.2, -0.15) is 0 Å². The third kappa shape index (κ3) is 1.79. The predicted octanol–water partition coefficient (Wildman–Crippen LogP) is -0.510. The quantitative estimate of drug-likeness (QED) is 0.566. The van der Waals surface area contributed by atoms with Gasteiger partial charge in [-0.25, -0.2) is 9.59 Å². The summed E-state index contributed by atoms with van der Waals surface area (Å²) in [5.41, 5.74) is -1.93. The first-order valence-electron chi connectivity index (χ1n) is 3.76. The summed E-state index contributed by atoms with van der Waals surface area (Å²) in [6, 6.07) is 0. The third-order valence-corrected chi connectivity index (χ3v) is 1.60. The van der Waals surface area contributed by atoms with Crippen LogP contribution in [0.2, 0.25) is 0 Å². The normalized spacial score (nSPS) is 9.71. The maximum Gasteiger partial charge on any atom is 0.352 e. The Kier molecular flexibility index (Phi) is 2.66. The molecule has 6 nitrogen and oxygen atoms in total. The molecule has 3 N–H and O–H groups in total. The molecule has 1 heterocycles. The van der Waals surface area contributed by atoms with Crippen LogP contribution in [0.25, 0.3) is 0 Å². The minimum absolute atomic E-state index is 0.00731. The lowest BCUT2D eigenvalue weighted by Crippen LogP contribution is -2.29. The molecule has 0 spiro atoms. The molecule has 0 aliphatic heterocycles. The molecule has 0 bridgehead atoms. The zero-order valence-corrected chi connectivity index (χ0v) is 7.16. The van der Waals surface area contributed by atoms with Gasteiger partial charge in [-0.3, -0.25) is 9.78 Å². The van der Waals surface area contributed by atoms with E-state index in [1.54, 1.807) is 0 Å². The SMILES string of the molecule is C=CCc1c(C(=O)O)[nH]c(=O)[nH]c1=O. The van der Waals surface area contributed by atoms with E-state index in [4.69, 9.17) is 5.11 Å². The Labute approximate surface area is 77.9 Å². The van der Waals surface area contributed by atoms with Crippen LogP contribution in [0.5, 0.6) is 0 Å². The lowest BCUT2D eigenvalue weighted by Gasteiger charge is -2.00. The fourth-order valence-corrected chi connectivity index (χ4v) is 1.03. The van der Waals surface area contributed by atoms with Gasteiger partial charge in [-0.05, 0) is 6.42 Å². The zero-order chi connectivity index (χ0) is 10.7. The van der Waals surface area contributed by atoms with Gasteiger partial charge >= 0.3 is 11.7 Å². The Morgan fingerprint density at radius 1 is 1.43 bits per heavy atom. The average molecular weight is 196 g/mol. The van der Waals surface area contributed by atoms with Gasteiger partial charge in [-0.15, -0.1) is 6.58 Å². The van der Waals surface area contributed by atoms with Gasteiger partial charge in [0.2, 0.25) is 0 Å². The smallest absolute Gasteiger partial charge is 0.352 e. The summed E-state index contributed by atoms with van der Waals surface area (Å²) in [7, 11) is 0. The maximum absolute atomic E-state index is 11.2. The molecule has 0 radical (unpaired) electrons. The van der Waals surface area contributed by atoms with E-state index in [-0.39, 0.29) is 12.0 Å². The van der Waals surface area contributed by atoms with E-state index in [1.807, 2.05) is 9.97 Å². The summed E-state index contributed by atoms with van der Waals surface area (Å²) < 4.78 is 0. The molecule has 0 unspecified atom stereocenters. The first-order chi connectivity index (χ1) is 6.56. The average Bonchev–Trinajstić information content (AvgIpc) is 2.09. The number of nitrogens with one attached hydrogen (secondary N) is 2. The molecule has 6 heteroatoms. The molecule has 74 valence electrons. The van der Waals surface area contributed by atoms with Gasteiger partial charge in [0.25, 0.3) is 5.56 Å². The number of H-pyrrole nitrogens is 2. The number of aromatic carboxylic acids is 1. The van der Waals surface area contributed by atoms with Crippen molar-refractivity contribution in [3.8, 4) is 0 Å². The van der Waals surface area contributed by atoms with Crippen molar-refractivity contribution in [2.45, 2.75) is 6.42 Å². The summed E-state index contributed by atoms with van der Waals surface area (Å²) in [5.74, 6) is -1.34. The van der Waals surface area contributed by atoms with Crippen molar-refractivity contribution in [2.75, 3.05) is 0 Å². The molecule has 0 saturated heterocycles. The summed E-state index contributed by atoms with van der Waals surface area (Å²) in [6.45, 7) is 3.38. The lowest BCUT2D eigenvalue weighted by molar-refractivity contribution is 0.0688. The van der Waals surface area contributed by atoms with Crippen molar-refractivity contribution in [1.82, 2.24) is 9.97 Å². The molecular formula is C8H8N2O4. The molecule has 0 amide bonds. The molecule has 1 rings (SSSR count). The second kappa shape index (κ2) is 3.73. The highest BCUT2D eigenvalue weighted by molar-refractivity contribution is 5.86. The van der Waals surface area contributed by atoms with Crippen LogP contribution < -0.4 is 11.2 Å². The number of carbonyl (C=O) groups is 1. The van der Waals surface area contributed by atoms with Gasteiger partial charge in [-0.1, -0.05) is 6.08 Å². The second-order valence-electron chi connectivity index (χ2n) is 2.56. The van der Waals surface area contributed by atoms with Crippen LogP contribution in [-0.4, -0.2) is 21.0 Å². The monoisotopic (exact) mass is 196 g/mol. The molecular weight excluding hydrogens is 188 g/mol. The molecule has 1 aromatic heterocycles. The minimum Gasteiger partial charge on any atom is -0.477 e. The van der Waals surface area contributed by atoms with Crippen LogP contribution in [0.15, 0.2) is 22.2 Å². The first kappa shape index (κ1) is 9.97. The van der Waals surface area contributed by atoms with E-state index in [1.165, 1.54) is 6.08 Å². The molecule has 0 fully saturated rings. The molecule has 0 aliphatic carbocycles. The minimum atomic E-state index is -1.34. The van der Waals surface area contributed by atoms with Crippen molar-refractivity contribution in [3.05, 3.63) is 44.8 Å². The fourth-order valence-electron chi connectivity index (χ4n) is 1.03. The number of aromatic nitrogens is 2. The largest absolute Gasteiger partial charge is 0.477 e. The van der Waals surface area contributed by atoms with E-state index in [2.05, 4.69) is 6.58 Å². The topological polar surface area (TPSA) is 103 Å². The number of aromatic amines is 2. The Morgan fingerprint density at radius 3 is 2.57 bits per heavy atom. The van der Waals surface area contributed by atoms with Gasteiger partial charge < -0.3 is 10.1 Å². The Hall–Kier alpha value is -2.11. The highest BCUT2D eigenvalue weighted by atomic mass is 16.4. The third-order valence-electron chi connectivity index (χ3n) is 1.60. The van der Waals surface area contributed by atoms with Crippen LogP contribution in [0.3, 0.4) is 0 Å². The first-order valence-corrected chi connectivity index (χ1v) is 3.76. The molecule has 14 heavy (non-hydrogen) atoms. The fraction of sp³-hybridized carbons (Fsp3) is 0.125. The molecule has 0 aliphatic rings. The Morgan fingerprint density at radius 2 is 2.07 bits per heavy atom. The van der Waals surface area contributed by atoms with Crippen LogP contribution in [-0.2, 0) is 6.42 Å². The standard InChI is InChI=1S/C8H8N2O4/c1-2-3-4-5(7(12)13)9-8(14)10-6(4)11/h2H,1,3H2,(H,12,13)(H2,9,10,11,14). The van der Waals surface area contributed by atoms with Gasteiger partial charge in [0, 0.05) is 0 Å². The number of allylic oxidation sites excluding steroid dienone is 1. The van der Waals surface area contributed by atoms with Crippen molar-refractivity contribution in [1.29, 1.82) is 0 Å². The molecule has 1 aromatic rings. The summed E-state index contributed by atoms with van der Waals surface area (Å²) in [6.07, 6.45) is 1.48. The Balaban J connectivity index is 3.52. The zero-order valence-electron chi connectivity index (χ0n) is 7.16. The summed E-state index contributed by atoms with van der Waals surface area (Å²) >= 11 is 0. The van der Waals surface area contributed by atoms with E-state index in [0.29, 0.717) is 0 Å². The van der Waals surface area contributed by atoms with Crippen LogP contribution >= 0.6 is 0 Å². The number of carboxylic acids is 1. The van der Waals surface area contributed by atoms with Crippen molar-refractivity contribution in [3.63, 3.8) is 0 Å². The van der Waals surface area contributed by atoms with E-state index < -0.39 is 22.9 Å². The summed E-state index contributed by atoms with van der Waals surface area (Å²) in [5, 5.41) is 8.68. The number of rotatable bonds is 3. The second-order valence-corrected chi connectivity index (χ2v) is 2.56. The highest BCUT2D eigenvalue weighted by Gasteiger charge is 2.13. The van der Waals surface area contributed by atoms with Crippen molar-refractivity contribution >= 4 is 5.97 Å². The van der Waals surface area contributed by atoms with E-state index >= 15 is 0 Å². The van der Waals surface area contributed by atoms with Gasteiger partial charge in [0.15, 0.2) is 0 Å². The van der Waals surface area contributed by atoms with E-state index in [9.17, 15) is 14.4 Å². The van der Waals surface area contributed by atoms with Crippen LogP contribution in [0.1, 0.15) is 16.1 Å². The van der Waals surface area contributed by atoms with E-state index in [0.717, 1.165) is 0 Å². The summed E-state index contributed by atoms with van der Waals surface area (Å²) in [4.78, 5) is 36.6. The number of hydrogen-bond donors (Lipinski definition) is 3. The number of hydrogen-bond acceptors (Lipinski definition) is 3. The maximum atomic E-state index is 11.2. The van der Waals surface area contributed by atoms with Crippen molar-refractivity contribution < 1.29 is 9.90 Å². The number of carboxylic acid groups (broad SMARTS) is 1. The van der Waals surface area contributed by atoms with Gasteiger partial charge in [0.1, 0.15) is 5.69 Å². The predicted molar refractivity (Wildman–Crippen MR) is 48.5 cm³/mol. The van der Waals surface area contributed by atoms with Crippen LogP contribution in [0, 0.1) is 0 Å². The van der Waals surface area contributed by atoms with Crippen LogP contribution in [0.4, 0.5) is 0 Å². The lowest BCUT2D eigenvalue weighted by atomic mass is 10.1. The molecule has 0 saturated carbocycles. The molecule has 0 aromatic carbocycles. The highest BCUT2D eigenvalue weighted by Crippen LogP contribution is 1.98.